The van der Waals surface area contributed by atoms with Crippen LogP contribution in [0.2, 0.25) is 0 Å². The van der Waals surface area contributed by atoms with Crippen molar-refractivity contribution < 1.29 is 14.3 Å². The first-order valence-corrected chi connectivity index (χ1v) is 9.98. The van der Waals surface area contributed by atoms with Crippen molar-refractivity contribution >= 4 is 27.8 Å². The molecule has 1 N–H and O–H groups in total. The predicted molar refractivity (Wildman–Crippen MR) is 116 cm³/mol. The van der Waals surface area contributed by atoms with Gasteiger partial charge in [0.1, 0.15) is 0 Å². The Bertz CT molecular complexity index is 1160. The third kappa shape index (κ3) is 2.79. The van der Waals surface area contributed by atoms with Gasteiger partial charge in [-0.15, -0.1) is 0 Å². The van der Waals surface area contributed by atoms with Gasteiger partial charge in [0.25, 0.3) is 0 Å². The van der Waals surface area contributed by atoms with Crippen LogP contribution in [0.4, 0.5) is 5.69 Å². The Kier molecular flexibility index (Phi) is 4.27. The van der Waals surface area contributed by atoms with Crippen molar-refractivity contribution in [2.75, 3.05) is 19.5 Å². The monoisotopic (exact) mass is 385 g/mol. The lowest BCUT2D eigenvalue weighted by atomic mass is 9.77. The van der Waals surface area contributed by atoms with E-state index < -0.39 is 0 Å². The second-order valence-corrected chi connectivity index (χ2v) is 7.57. The van der Waals surface area contributed by atoms with E-state index in [9.17, 15) is 4.79 Å². The molecule has 0 saturated carbocycles. The molecule has 0 radical (unpaired) electrons. The Morgan fingerprint density at radius 2 is 1.76 bits per heavy atom. The molecule has 0 amide bonds. The van der Waals surface area contributed by atoms with Crippen LogP contribution in [-0.2, 0) is 4.79 Å². The van der Waals surface area contributed by atoms with Gasteiger partial charge in [0, 0.05) is 23.2 Å². The maximum absolute atomic E-state index is 13.1. The average molecular weight is 385 g/mol. The standard InChI is InChI=1S/C25H23NO3/c1-28-21-13-11-16(14-22(21)29-2)25-24-18(8-5-9-20(24)27)23-17-7-4-3-6-15(17)10-12-19(23)26-25/h3-4,6-7,10-14,25-26H,5,8-9H2,1-2H3/t25-/m0/s1. The zero-order valence-corrected chi connectivity index (χ0v) is 16.6. The summed E-state index contributed by atoms with van der Waals surface area (Å²) in [4.78, 5) is 13.1. The van der Waals surface area contributed by atoms with Gasteiger partial charge in [0.15, 0.2) is 17.3 Å². The van der Waals surface area contributed by atoms with Crippen molar-refractivity contribution in [1.29, 1.82) is 0 Å². The smallest absolute Gasteiger partial charge is 0.161 e. The average Bonchev–Trinajstić information content (AvgIpc) is 2.77. The predicted octanol–water partition coefficient (Wildman–Crippen LogP) is 5.53. The highest BCUT2D eigenvalue weighted by Crippen LogP contribution is 2.48. The number of hydrogen-bond donors (Lipinski definition) is 1. The fourth-order valence-corrected chi connectivity index (χ4v) is 4.69. The quantitative estimate of drug-likeness (QED) is 0.644. The summed E-state index contributed by atoms with van der Waals surface area (Å²) in [6, 6.07) is 18.4. The van der Waals surface area contributed by atoms with Gasteiger partial charge in [-0.2, -0.15) is 0 Å². The van der Waals surface area contributed by atoms with Crippen LogP contribution >= 0.6 is 0 Å². The van der Waals surface area contributed by atoms with Gasteiger partial charge >= 0.3 is 0 Å². The number of methoxy groups -OCH3 is 2. The van der Waals surface area contributed by atoms with Crippen molar-refractivity contribution in [3.05, 3.63) is 71.3 Å². The maximum atomic E-state index is 13.1. The molecule has 4 nitrogen and oxygen atoms in total. The summed E-state index contributed by atoms with van der Waals surface area (Å²) in [5.41, 5.74) is 5.35. The molecule has 3 aromatic carbocycles. The summed E-state index contributed by atoms with van der Waals surface area (Å²) in [6.45, 7) is 0. The first-order valence-electron chi connectivity index (χ1n) is 9.98. The molecule has 5 rings (SSSR count). The van der Waals surface area contributed by atoms with Crippen LogP contribution in [0.5, 0.6) is 11.5 Å². The van der Waals surface area contributed by atoms with Crippen LogP contribution in [0.3, 0.4) is 0 Å². The number of rotatable bonds is 3. The fraction of sp³-hybridized carbons (Fsp3) is 0.240. The number of allylic oxidation sites excluding steroid dienone is 1. The number of benzene rings is 3. The molecule has 1 atom stereocenters. The highest BCUT2D eigenvalue weighted by Gasteiger charge is 2.35. The second-order valence-electron chi connectivity index (χ2n) is 7.57. The van der Waals surface area contributed by atoms with E-state index in [2.05, 4.69) is 41.7 Å². The molecule has 1 heterocycles. The normalized spacial score (nSPS) is 18.1. The number of carbonyl (C=O) groups excluding carboxylic acids is 1. The lowest BCUT2D eigenvalue weighted by Crippen LogP contribution is -2.27. The topological polar surface area (TPSA) is 47.6 Å². The summed E-state index contributed by atoms with van der Waals surface area (Å²) in [7, 11) is 3.26. The molecule has 0 saturated heterocycles. The molecular weight excluding hydrogens is 362 g/mol. The van der Waals surface area contributed by atoms with Crippen LogP contribution in [0, 0.1) is 0 Å². The Hall–Kier alpha value is -3.27. The summed E-state index contributed by atoms with van der Waals surface area (Å²) in [5, 5.41) is 6.04. The number of ether oxygens (including phenoxy) is 2. The molecule has 146 valence electrons. The van der Waals surface area contributed by atoms with Crippen LogP contribution in [0.1, 0.15) is 36.4 Å². The van der Waals surface area contributed by atoms with Gasteiger partial charge in [-0.1, -0.05) is 36.4 Å². The minimum absolute atomic E-state index is 0.189. The maximum Gasteiger partial charge on any atom is 0.161 e. The van der Waals surface area contributed by atoms with E-state index in [1.807, 2.05) is 18.2 Å². The Morgan fingerprint density at radius 1 is 0.931 bits per heavy atom. The number of fused-ring (bicyclic) bond motifs is 4. The number of Topliss-reactive ketones (excluding diaryl/α,β-unsaturated/α-hetero) is 1. The van der Waals surface area contributed by atoms with Crippen molar-refractivity contribution in [2.45, 2.75) is 25.3 Å². The van der Waals surface area contributed by atoms with E-state index in [-0.39, 0.29) is 11.8 Å². The second kappa shape index (κ2) is 6.96. The minimum Gasteiger partial charge on any atom is -0.493 e. The molecule has 29 heavy (non-hydrogen) atoms. The van der Waals surface area contributed by atoms with Crippen LogP contribution in [0.15, 0.2) is 60.2 Å². The molecule has 0 bridgehead atoms. The van der Waals surface area contributed by atoms with Gasteiger partial charge in [-0.25, -0.2) is 0 Å². The molecular formula is C25H23NO3. The Balaban J connectivity index is 1.73. The summed E-state index contributed by atoms with van der Waals surface area (Å²) < 4.78 is 10.9. The third-order valence-corrected chi connectivity index (χ3v) is 6.02. The minimum atomic E-state index is -0.189. The number of hydrogen-bond acceptors (Lipinski definition) is 4. The zero-order valence-electron chi connectivity index (χ0n) is 16.6. The molecule has 0 fully saturated rings. The largest absolute Gasteiger partial charge is 0.493 e. The van der Waals surface area contributed by atoms with Crippen molar-refractivity contribution in [1.82, 2.24) is 0 Å². The van der Waals surface area contributed by atoms with Crippen molar-refractivity contribution in [3.63, 3.8) is 0 Å². The number of nitrogens with one attached hydrogen (secondary N) is 1. The molecule has 0 aromatic heterocycles. The van der Waals surface area contributed by atoms with Gasteiger partial charge < -0.3 is 14.8 Å². The first-order chi connectivity index (χ1) is 14.2. The molecule has 2 aliphatic rings. The third-order valence-electron chi connectivity index (χ3n) is 6.02. The summed E-state index contributed by atoms with van der Waals surface area (Å²) in [6.07, 6.45) is 2.43. The van der Waals surface area contributed by atoms with E-state index >= 15 is 0 Å². The first kappa shape index (κ1) is 17.8. The Labute approximate surface area is 170 Å². The number of anilines is 1. The van der Waals surface area contributed by atoms with E-state index in [4.69, 9.17) is 9.47 Å². The van der Waals surface area contributed by atoms with E-state index in [1.165, 1.54) is 21.9 Å². The molecule has 1 aliphatic heterocycles. The highest BCUT2D eigenvalue weighted by atomic mass is 16.5. The molecule has 3 aromatic rings. The fourth-order valence-electron chi connectivity index (χ4n) is 4.69. The summed E-state index contributed by atoms with van der Waals surface area (Å²) >= 11 is 0. The number of carbonyl (C=O) groups is 1. The van der Waals surface area contributed by atoms with Crippen molar-refractivity contribution in [3.8, 4) is 11.5 Å². The van der Waals surface area contributed by atoms with Gasteiger partial charge in [0.05, 0.1) is 20.3 Å². The van der Waals surface area contributed by atoms with Gasteiger partial charge in [-0.3, -0.25) is 4.79 Å². The molecule has 0 spiro atoms. The van der Waals surface area contributed by atoms with Crippen LogP contribution < -0.4 is 14.8 Å². The van der Waals surface area contributed by atoms with E-state index in [0.717, 1.165) is 29.7 Å². The van der Waals surface area contributed by atoms with Crippen LogP contribution in [-0.4, -0.2) is 20.0 Å². The zero-order chi connectivity index (χ0) is 20.0. The molecule has 4 heteroatoms. The van der Waals surface area contributed by atoms with Gasteiger partial charge in [-0.05, 0) is 52.9 Å². The highest BCUT2D eigenvalue weighted by molar-refractivity contribution is 6.12. The summed E-state index contributed by atoms with van der Waals surface area (Å²) in [5.74, 6) is 1.58. The number of ketones is 1. The SMILES string of the molecule is COc1ccc([C@@H]2Nc3ccc4ccccc4c3C3=C2C(=O)CCC3)cc1OC. The van der Waals surface area contributed by atoms with Gasteiger partial charge in [0.2, 0.25) is 0 Å². The molecule has 0 unspecified atom stereocenters. The molecule has 1 aliphatic carbocycles. The Morgan fingerprint density at radius 3 is 2.59 bits per heavy atom. The van der Waals surface area contributed by atoms with E-state index in [1.54, 1.807) is 14.2 Å². The van der Waals surface area contributed by atoms with E-state index in [0.29, 0.717) is 17.9 Å². The van der Waals surface area contributed by atoms with Crippen LogP contribution in [0.25, 0.3) is 16.3 Å². The van der Waals surface area contributed by atoms with Crippen molar-refractivity contribution in [2.24, 2.45) is 0 Å². The lowest BCUT2D eigenvalue weighted by molar-refractivity contribution is -0.116. The lowest BCUT2D eigenvalue weighted by Gasteiger charge is -2.35.